The summed E-state index contributed by atoms with van der Waals surface area (Å²) < 4.78 is 5.97. The van der Waals surface area contributed by atoms with Crippen LogP contribution in [0.4, 0.5) is 0 Å². The summed E-state index contributed by atoms with van der Waals surface area (Å²) in [5.74, 6) is 0.0151. The molecule has 1 saturated carbocycles. The first-order valence-corrected chi connectivity index (χ1v) is 8.25. The number of fused-ring (bicyclic) bond motifs is 1. The molecule has 128 valence electrons. The maximum absolute atomic E-state index is 12.9. The number of ether oxygens (including phenoxy) is 1. The number of hydroxylamine groups is 1. The Kier molecular flexibility index (Phi) is 3.89. The molecule has 0 saturated heterocycles. The van der Waals surface area contributed by atoms with E-state index in [9.17, 15) is 9.59 Å². The molecule has 3 aliphatic rings. The first-order chi connectivity index (χ1) is 12.2. The van der Waals surface area contributed by atoms with Crippen molar-refractivity contribution in [3.05, 3.63) is 65.2 Å². The van der Waals surface area contributed by atoms with Crippen molar-refractivity contribution >= 4 is 11.8 Å². The van der Waals surface area contributed by atoms with E-state index in [0.717, 1.165) is 18.4 Å². The molecule has 6 heteroatoms. The molecule has 5 rings (SSSR count). The Bertz CT molecular complexity index is 815. The maximum atomic E-state index is 12.9. The summed E-state index contributed by atoms with van der Waals surface area (Å²) in [7, 11) is 0. The monoisotopic (exact) mass is 338 g/mol. The number of carbonyl (C=O) groups is 2. The molecule has 1 fully saturated rings. The Morgan fingerprint density at radius 1 is 1.08 bits per heavy atom. The second-order valence-electron chi connectivity index (χ2n) is 6.43. The van der Waals surface area contributed by atoms with Crippen molar-refractivity contribution in [3.8, 4) is 5.75 Å². The second-order valence-corrected chi connectivity index (χ2v) is 6.43. The lowest BCUT2D eigenvalue weighted by atomic mass is 9.86. The minimum absolute atomic E-state index is 0.00841. The van der Waals surface area contributed by atoms with E-state index in [1.165, 1.54) is 0 Å². The number of amides is 2. The number of benzene rings is 2. The molecule has 2 N–H and O–H groups in total. The van der Waals surface area contributed by atoms with E-state index in [1.54, 1.807) is 23.7 Å². The number of nitrogens with zero attached hydrogens (tertiary/aromatic N) is 1. The lowest BCUT2D eigenvalue weighted by molar-refractivity contribution is 0.00385. The molecule has 0 spiro atoms. The zero-order chi connectivity index (χ0) is 17.4. The molecule has 0 aromatic heterocycles. The largest absolute Gasteiger partial charge is 0.490 e. The Morgan fingerprint density at radius 3 is 2.56 bits per heavy atom. The average Bonchev–Trinajstić information content (AvgIpc) is 2.60. The smallest absolute Gasteiger partial charge is 0.274 e. The van der Waals surface area contributed by atoms with E-state index in [-0.39, 0.29) is 18.1 Å². The minimum Gasteiger partial charge on any atom is -0.490 e. The fraction of sp³-hybridized carbons (Fsp3) is 0.263. The van der Waals surface area contributed by atoms with Gasteiger partial charge in [-0.3, -0.25) is 14.8 Å². The zero-order valence-corrected chi connectivity index (χ0v) is 13.5. The molecule has 2 amide bonds. The number of hydrogen-bond donors (Lipinski definition) is 2. The quantitative estimate of drug-likeness (QED) is 0.651. The summed E-state index contributed by atoms with van der Waals surface area (Å²) in [5, 5.41) is 8.80. The molecule has 0 unspecified atom stereocenters. The zero-order valence-electron chi connectivity index (χ0n) is 13.5. The predicted octanol–water partition coefficient (Wildman–Crippen LogP) is 2.37. The van der Waals surface area contributed by atoms with Gasteiger partial charge in [-0.05, 0) is 24.3 Å². The molecule has 6 nitrogen and oxygen atoms in total. The maximum Gasteiger partial charge on any atom is 0.274 e. The molecule has 2 aliphatic heterocycles. The van der Waals surface area contributed by atoms with Crippen LogP contribution in [0.3, 0.4) is 0 Å². The highest BCUT2D eigenvalue weighted by Crippen LogP contribution is 2.37. The van der Waals surface area contributed by atoms with Gasteiger partial charge < -0.3 is 9.64 Å². The van der Waals surface area contributed by atoms with Crippen LogP contribution in [-0.4, -0.2) is 34.1 Å². The lowest BCUT2D eigenvalue weighted by Gasteiger charge is -2.45. The van der Waals surface area contributed by atoms with Gasteiger partial charge in [0.25, 0.3) is 11.8 Å². The Balaban J connectivity index is 1.66. The van der Waals surface area contributed by atoms with Gasteiger partial charge in [-0.25, -0.2) is 5.48 Å². The Labute approximate surface area is 145 Å². The third-order valence-electron chi connectivity index (χ3n) is 4.86. The summed E-state index contributed by atoms with van der Waals surface area (Å²) in [6, 6.07) is 14.4. The fourth-order valence-corrected chi connectivity index (χ4v) is 3.37. The number of hydrogen-bond acceptors (Lipinski definition) is 4. The van der Waals surface area contributed by atoms with E-state index in [4.69, 9.17) is 9.94 Å². The van der Waals surface area contributed by atoms with E-state index >= 15 is 0 Å². The van der Waals surface area contributed by atoms with Crippen LogP contribution in [-0.2, 0) is 6.54 Å². The van der Waals surface area contributed by atoms with Crippen LogP contribution < -0.4 is 10.2 Å². The molecule has 25 heavy (non-hydrogen) atoms. The molecule has 2 aromatic carbocycles. The van der Waals surface area contributed by atoms with Crippen LogP contribution in [0.5, 0.6) is 5.75 Å². The normalized spacial score (nSPS) is 21.1. The summed E-state index contributed by atoms with van der Waals surface area (Å²) in [6.07, 6.45) is 1.62. The van der Waals surface area contributed by atoms with E-state index in [1.807, 2.05) is 35.2 Å². The third-order valence-corrected chi connectivity index (χ3v) is 4.86. The molecule has 2 heterocycles. The van der Waals surface area contributed by atoms with Crippen LogP contribution in [0.15, 0.2) is 48.5 Å². The molecular weight excluding hydrogens is 320 g/mol. The molecule has 0 radical (unpaired) electrons. The highest BCUT2D eigenvalue weighted by Gasteiger charge is 2.40. The molecule has 2 aromatic rings. The minimum atomic E-state index is -0.586. The second kappa shape index (κ2) is 6.22. The highest BCUT2D eigenvalue weighted by atomic mass is 16.5. The summed E-state index contributed by atoms with van der Waals surface area (Å²) >= 11 is 0. The number of carbonyl (C=O) groups excluding carboxylic acids is 2. The van der Waals surface area contributed by atoms with Gasteiger partial charge in [-0.2, -0.15) is 0 Å². The fourth-order valence-electron chi connectivity index (χ4n) is 3.37. The SMILES string of the molecule is O=C(NO)c1ccc2c(c1)OC1CC(C1)N(C(=O)c1ccccc1)C2. The van der Waals surface area contributed by atoms with Crippen LogP contribution in [0.1, 0.15) is 39.1 Å². The van der Waals surface area contributed by atoms with Crippen molar-refractivity contribution in [2.75, 3.05) is 0 Å². The Hall–Kier alpha value is -2.86. The summed E-state index contributed by atoms with van der Waals surface area (Å²) in [5.41, 5.74) is 3.47. The van der Waals surface area contributed by atoms with E-state index < -0.39 is 5.91 Å². The van der Waals surface area contributed by atoms with Crippen molar-refractivity contribution < 1.29 is 19.5 Å². The first-order valence-electron chi connectivity index (χ1n) is 8.25. The molecule has 1 aliphatic carbocycles. The topological polar surface area (TPSA) is 78.9 Å². The van der Waals surface area contributed by atoms with Crippen molar-refractivity contribution in [1.82, 2.24) is 10.4 Å². The van der Waals surface area contributed by atoms with Crippen LogP contribution in [0.25, 0.3) is 0 Å². The average molecular weight is 338 g/mol. The molecular formula is C19H18N2O4. The summed E-state index contributed by atoms with van der Waals surface area (Å²) in [6.45, 7) is 0.432. The van der Waals surface area contributed by atoms with Crippen molar-refractivity contribution in [2.45, 2.75) is 31.5 Å². The van der Waals surface area contributed by atoms with Crippen molar-refractivity contribution in [3.63, 3.8) is 0 Å². The third kappa shape index (κ3) is 2.85. The van der Waals surface area contributed by atoms with Gasteiger partial charge in [0.2, 0.25) is 0 Å². The van der Waals surface area contributed by atoms with Crippen molar-refractivity contribution in [1.29, 1.82) is 0 Å². The van der Waals surface area contributed by atoms with Gasteiger partial charge >= 0.3 is 0 Å². The Morgan fingerprint density at radius 2 is 1.84 bits per heavy atom. The highest BCUT2D eigenvalue weighted by molar-refractivity contribution is 5.95. The van der Waals surface area contributed by atoms with Crippen LogP contribution in [0, 0.1) is 0 Å². The van der Waals surface area contributed by atoms with Gasteiger partial charge in [0.05, 0.1) is 0 Å². The van der Waals surface area contributed by atoms with Crippen molar-refractivity contribution in [2.24, 2.45) is 0 Å². The number of rotatable bonds is 2. The van der Waals surface area contributed by atoms with E-state index in [0.29, 0.717) is 23.4 Å². The van der Waals surface area contributed by atoms with Gasteiger partial charge in [0.15, 0.2) is 0 Å². The van der Waals surface area contributed by atoms with Gasteiger partial charge in [0, 0.05) is 42.1 Å². The van der Waals surface area contributed by atoms with Gasteiger partial charge in [-0.15, -0.1) is 0 Å². The standard InChI is InChI=1S/C19H18N2O4/c22-18(20-24)13-6-7-14-11-21(19(23)12-4-2-1-3-5-12)15-9-16(10-15)25-17(14)8-13/h1-8,15-16,24H,9-11H2,(H,20,22). The van der Waals surface area contributed by atoms with Crippen LogP contribution >= 0.6 is 0 Å². The molecule has 0 atom stereocenters. The summed E-state index contributed by atoms with van der Waals surface area (Å²) in [4.78, 5) is 26.4. The van der Waals surface area contributed by atoms with Crippen LogP contribution in [0.2, 0.25) is 0 Å². The number of nitrogens with one attached hydrogen (secondary N) is 1. The molecule has 2 bridgehead atoms. The van der Waals surface area contributed by atoms with Gasteiger partial charge in [0.1, 0.15) is 11.9 Å². The lowest BCUT2D eigenvalue weighted by Crippen LogP contribution is -2.52. The predicted molar refractivity (Wildman–Crippen MR) is 89.4 cm³/mol. The first kappa shape index (κ1) is 15.7. The van der Waals surface area contributed by atoms with Gasteiger partial charge in [-0.1, -0.05) is 24.3 Å². The van der Waals surface area contributed by atoms with E-state index in [2.05, 4.69) is 0 Å².